The molecule has 1 aliphatic heterocycles. The number of sulfonamides is 1. The van der Waals surface area contributed by atoms with Gasteiger partial charge >= 0.3 is 5.97 Å². The number of H-pyrrole nitrogens is 4. The molecule has 9 rings (SSSR count). The van der Waals surface area contributed by atoms with Crippen molar-refractivity contribution >= 4 is 82.4 Å². The van der Waals surface area contributed by atoms with E-state index in [-0.39, 0.29) is 5.56 Å². The van der Waals surface area contributed by atoms with Crippen molar-refractivity contribution in [3.05, 3.63) is 119 Å². The second-order valence-corrected chi connectivity index (χ2v) is 13.6. The summed E-state index contributed by atoms with van der Waals surface area (Å²) >= 11 is 0. The van der Waals surface area contributed by atoms with Crippen LogP contribution in [0.2, 0.25) is 0 Å². The first-order valence-electron chi connectivity index (χ1n) is 15.3. The number of benzene rings is 4. The van der Waals surface area contributed by atoms with E-state index in [1.165, 1.54) is 0 Å². The van der Waals surface area contributed by atoms with Crippen LogP contribution in [0.3, 0.4) is 0 Å². The zero-order valence-corrected chi connectivity index (χ0v) is 26.2. The number of nitrogens with two attached hydrogens (primary N) is 1. The summed E-state index contributed by atoms with van der Waals surface area (Å²) in [7, 11) is -4.10. The van der Waals surface area contributed by atoms with Crippen molar-refractivity contribution in [3.8, 4) is 0 Å². The lowest BCUT2D eigenvalue weighted by Gasteiger charge is -2.11. The molecule has 14 heteroatoms. The summed E-state index contributed by atoms with van der Waals surface area (Å²) in [6.07, 6.45) is 0. The molecule has 5 heterocycles. The third-order valence-electron chi connectivity index (χ3n) is 8.81. The average molecular weight is 668 g/mol. The maximum Gasteiger partial charge on any atom is 0.312 e. The molecule has 0 saturated heterocycles. The molecule has 4 aromatic carbocycles. The number of carboxylic acid groups (broad SMARTS) is 1. The highest BCUT2D eigenvalue weighted by atomic mass is 32.2. The van der Waals surface area contributed by atoms with Gasteiger partial charge in [-0.3, -0.25) is 4.79 Å². The van der Waals surface area contributed by atoms with Gasteiger partial charge in [-0.05, 0) is 11.6 Å². The molecule has 0 saturated carbocycles. The number of hydrogen-bond donors (Lipinski definition) is 6. The Morgan fingerprint density at radius 3 is 1.33 bits per heavy atom. The minimum absolute atomic E-state index is 0.259. The van der Waals surface area contributed by atoms with Crippen LogP contribution in [0.1, 0.15) is 11.5 Å². The van der Waals surface area contributed by atoms with Gasteiger partial charge in [-0.1, -0.05) is 84.9 Å². The third kappa shape index (κ3) is 4.80. The van der Waals surface area contributed by atoms with Gasteiger partial charge in [0.25, 0.3) is 0 Å². The van der Waals surface area contributed by atoms with E-state index in [9.17, 15) is 18.3 Å². The normalized spacial score (nSPS) is 13.6. The Morgan fingerprint density at radius 2 is 0.939 bits per heavy atom. The molecule has 0 radical (unpaired) electrons. The van der Waals surface area contributed by atoms with Gasteiger partial charge in [0, 0.05) is 43.1 Å². The van der Waals surface area contributed by atoms with Crippen molar-refractivity contribution < 1.29 is 18.3 Å². The SMILES string of the molecule is NS(=O)(=O)CC(C(=O)O)c1ccc2c3[nH]c(c2c1)N=c1[nH]c(c2ccccc12)=Nc1[nH]c(c2ccccc12)N=c1[nH]c(c2ccccc12)=N3. The number of primary sulfonamides is 1. The number of aromatic amines is 4. The molecule has 240 valence electrons. The van der Waals surface area contributed by atoms with Crippen molar-refractivity contribution in [2.75, 3.05) is 5.75 Å². The van der Waals surface area contributed by atoms with Crippen molar-refractivity contribution in [3.63, 3.8) is 0 Å². The Labute approximate surface area is 275 Å². The Bertz CT molecular complexity index is 3060. The summed E-state index contributed by atoms with van der Waals surface area (Å²) in [6, 6.07) is 28.3. The van der Waals surface area contributed by atoms with Gasteiger partial charge in [0.15, 0.2) is 0 Å². The van der Waals surface area contributed by atoms with Gasteiger partial charge in [-0.15, -0.1) is 0 Å². The van der Waals surface area contributed by atoms with Crippen molar-refractivity contribution in [1.82, 2.24) is 19.9 Å². The monoisotopic (exact) mass is 667 g/mol. The highest BCUT2D eigenvalue weighted by Crippen LogP contribution is 2.37. The van der Waals surface area contributed by atoms with Crippen LogP contribution in [0, 0.1) is 0 Å². The van der Waals surface area contributed by atoms with E-state index in [0.717, 1.165) is 32.3 Å². The van der Waals surface area contributed by atoms with E-state index in [4.69, 9.17) is 25.1 Å². The van der Waals surface area contributed by atoms with Crippen molar-refractivity contribution in [2.45, 2.75) is 5.92 Å². The number of fused-ring (bicyclic) bond motifs is 20. The van der Waals surface area contributed by atoms with Gasteiger partial charge < -0.3 is 25.0 Å². The van der Waals surface area contributed by atoms with Gasteiger partial charge in [0.1, 0.15) is 45.2 Å². The molecule has 8 aromatic rings. The third-order valence-corrected chi connectivity index (χ3v) is 9.60. The van der Waals surface area contributed by atoms with Crippen LogP contribution in [-0.4, -0.2) is 45.2 Å². The molecule has 1 aliphatic rings. The van der Waals surface area contributed by atoms with Gasteiger partial charge in [-0.25, -0.2) is 33.5 Å². The maximum absolute atomic E-state index is 12.2. The van der Waals surface area contributed by atoms with Gasteiger partial charge in [-0.2, -0.15) is 0 Å². The molecular weight excluding hydrogens is 643 g/mol. The fourth-order valence-corrected chi connectivity index (χ4v) is 7.35. The minimum atomic E-state index is -4.10. The predicted molar refractivity (Wildman–Crippen MR) is 185 cm³/mol. The molecule has 4 aromatic heterocycles. The fourth-order valence-electron chi connectivity index (χ4n) is 6.55. The number of carbonyl (C=O) groups is 1. The molecule has 1 unspecified atom stereocenters. The predicted octanol–water partition coefficient (Wildman–Crippen LogP) is 4.19. The van der Waals surface area contributed by atoms with E-state index in [0.29, 0.717) is 56.0 Å². The molecule has 0 amide bonds. The lowest BCUT2D eigenvalue weighted by atomic mass is 9.99. The zero-order chi connectivity index (χ0) is 33.4. The number of carboxylic acids is 1. The standard InChI is InChI=1S/C35H25N9O4S/c36-49(47,48)16-26(35(45)46)17-13-14-24-25(15-17)34-43-32-23-12-6-5-11-22(23)30(41-32)39-28-19-8-2-1-7-18(19)27(37-28)38-29-20-9-3-4-10-21(20)31(40-29)42-33(24)44-34/h1-15,26H,16H2,(H,45,46)(H2,36,47,48)(H4,37,38,39,40,41,42,43,44). The first-order valence-corrected chi connectivity index (χ1v) is 17.0. The molecule has 0 fully saturated rings. The second kappa shape index (κ2) is 10.6. The van der Waals surface area contributed by atoms with Crippen molar-refractivity contribution in [1.29, 1.82) is 0 Å². The molecule has 13 nitrogen and oxygen atoms in total. The summed E-state index contributed by atoms with van der Waals surface area (Å²) in [5.41, 5.74) is 2.49. The molecule has 8 bridgehead atoms. The molecular formula is C35H25N9O4S. The van der Waals surface area contributed by atoms with E-state index in [2.05, 4.69) is 19.9 Å². The largest absolute Gasteiger partial charge is 0.481 e. The Morgan fingerprint density at radius 1 is 0.571 bits per heavy atom. The summed E-state index contributed by atoms with van der Waals surface area (Å²) in [4.78, 5) is 45.9. The van der Waals surface area contributed by atoms with Crippen LogP contribution in [0.5, 0.6) is 0 Å². The number of nitrogens with one attached hydrogen (secondary N) is 4. The average Bonchev–Trinajstić information content (AvgIpc) is 3.82. The van der Waals surface area contributed by atoms with Crippen LogP contribution in [0.4, 0.5) is 23.3 Å². The lowest BCUT2D eigenvalue weighted by Crippen LogP contribution is -2.26. The summed E-state index contributed by atoms with van der Waals surface area (Å²) in [6.45, 7) is 0. The Balaban J connectivity index is 1.42. The van der Waals surface area contributed by atoms with E-state index in [1.54, 1.807) is 18.2 Å². The van der Waals surface area contributed by atoms with E-state index >= 15 is 0 Å². The maximum atomic E-state index is 12.2. The summed E-state index contributed by atoms with van der Waals surface area (Å²) in [5.74, 6) is -1.37. The highest BCUT2D eigenvalue weighted by Gasteiger charge is 2.26. The van der Waals surface area contributed by atoms with Gasteiger partial charge in [0.05, 0.1) is 11.7 Å². The number of aromatic nitrogens is 4. The highest BCUT2D eigenvalue weighted by molar-refractivity contribution is 7.89. The number of rotatable bonds is 4. The number of hydrogen-bond acceptors (Lipinski definition) is 7. The number of nitrogens with zero attached hydrogens (tertiary/aromatic N) is 4. The Kier molecular flexibility index (Phi) is 6.21. The van der Waals surface area contributed by atoms with Gasteiger partial charge in [0.2, 0.25) is 10.0 Å². The first kappa shape index (κ1) is 28.8. The molecule has 7 N–H and O–H groups in total. The van der Waals surface area contributed by atoms with Crippen LogP contribution in [-0.2, 0) is 14.8 Å². The minimum Gasteiger partial charge on any atom is -0.481 e. The molecule has 0 spiro atoms. The zero-order valence-electron chi connectivity index (χ0n) is 25.4. The molecule has 0 aliphatic carbocycles. The van der Waals surface area contributed by atoms with Crippen LogP contribution >= 0.6 is 0 Å². The second-order valence-electron chi connectivity index (χ2n) is 11.9. The number of aliphatic carboxylic acids is 1. The topological polar surface area (TPSA) is 210 Å². The summed E-state index contributed by atoms with van der Waals surface area (Å²) < 4.78 is 24.0. The Hall–Kier alpha value is -6.38. The van der Waals surface area contributed by atoms with E-state index < -0.39 is 27.7 Å². The van der Waals surface area contributed by atoms with Crippen molar-refractivity contribution in [2.24, 2.45) is 25.1 Å². The smallest absolute Gasteiger partial charge is 0.312 e. The van der Waals surface area contributed by atoms with Crippen LogP contribution in [0.15, 0.2) is 111 Å². The van der Waals surface area contributed by atoms with Crippen LogP contribution in [0.25, 0.3) is 43.1 Å². The fraction of sp³-hybridized carbons (Fsp3) is 0.0571. The molecule has 1 atom stereocenters. The lowest BCUT2D eigenvalue weighted by molar-refractivity contribution is -0.138. The first-order chi connectivity index (χ1) is 23.7. The molecule has 49 heavy (non-hydrogen) atoms. The van der Waals surface area contributed by atoms with Crippen LogP contribution < -0.4 is 27.1 Å². The summed E-state index contributed by atoms with van der Waals surface area (Å²) in [5, 5.41) is 21.6. The van der Waals surface area contributed by atoms with E-state index in [1.807, 2.05) is 72.8 Å². The quantitative estimate of drug-likeness (QED) is 0.163.